The molecule has 2 N–H and O–H groups in total. The minimum atomic E-state index is -1.12. The van der Waals surface area contributed by atoms with E-state index in [4.69, 9.17) is 10.2 Å². The maximum Gasteiger partial charge on any atom is 0.335 e. The van der Waals surface area contributed by atoms with Crippen LogP contribution in [0.25, 0.3) is 0 Å². The zero-order chi connectivity index (χ0) is 14.0. The molecule has 102 valence electrons. The lowest BCUT2D eigenvalue weighted by molar-refractivity contribution is -0.384. The molecule has 0 spiro atoms. The van der Waals surface area contributed by atoms with Crippen LogP contribution in [0, 0.1) is 16.0 Å². The highest BCUT2D eigenvalue weighted by Crippen LogP contribution is 2.33. The summed E-state index contributed by atoms with van der Waals surface area (Å²) in [6, 6.07) is 3.76. The van der Waals surface area contributed by atoms with Crippen molar-refractivity contribution in [2.75, 3.05) is 24.6 Å². The van der Waals surface area contributed by atoms with E-state index < -0.39 is 10.9 Å². The van der Waals surface area contributed by atoms with Gasteiger partial charge in [0.05, 0.1) is 10.5 Å². The van der Waals surface area contributed by atoms with E-state index >= 15 is 0 Å². The van der Waals surface area contributed by atoms with Gasteiger partial charge < -0.3 is 15.1 Å². The summed E-state index contributed by atoms with van der Waals surface area (Å²) in [6.07, 6.45) is 0.741. The van der Waals surface area contributed by atoms with Crippen LogP contribution in [0.1, 0.15) is 16.8 Å². The number of nitro benzene ring substituents is 1. The first-order valence-corrected chi connectivity index (χ1v) is 5.90. The molecule has 0 aromatic heterocycles. The molecular formula is C12H14N2O5. The van der Waals surface area contributed by atoms with Gasteiger partial charge in [-0.1, -0.05) is 0 Å². The number of hydrogen-bond acceptors (Lipinski definition) is 5. The van der Waals surface area contributed by atoms with Gasteiger partial charge in [-0.25, -0.2) is 4.79 Å². The van der Waals surface area contributed by atoms with Crippen molar-refractivity contribution in [3.05, 3.63) is 33.9 Å². The molecule has 1 atom stereocenters. The number of aliphatic hydroxyl groups excluding tert-OH is 1. The molecule has 0 amide bonds. The number of aliphatic hydroxyl groups is 1. The zero-order valence-corrected chi connectivity index (χ0v) is 10.2. The van der Waals surface area contributed by atoms with E-state index in [1.165, 1.54) is 18.2 Å². The van der Waals surface area contributed by atoms with Gasteiger partial charge in [0.2, 0.25) is 0 Å². The first-order valence-electron chi connectivity index (χ1n) is 5.90. The second kappa shape index (κ2) is 5.23. The van der Waals surface area contributed by atoms with Gasteiger partial charge in [0, 0.05) is 31.7 Å². The SMILES string of the molecule is O=C(O)c1ccc([N+](=O)[O-])c(N2CCC(CO)C2)c1. The van der Waals surface area contributed by atoms with Gasteiger partial charge in [0.1, 0.15) is 5.69 Å². The predicted octanol–water partition coefficient (Wildman–Crippen LogP) is 1.11. The van der Waals surface area contributed by atoms with Gasteiger partial charge in [-0.05, 0) is 18.6 Å². The van der Waals surface area contributed by atoms with Crippen LogP contribution in [-0.4, -0.2) is 40.8 Å². The van der Waals surface area contributed by atoms with Gasteiger partial charge in [-0.15, -0.1) is 0 Å². The molecule has 0 bridgehead atoms. The largest absolute Gasteiger partial charge is 0.478 e. The average Bonchev–Trinajstić information content (AvgIpc) is 2.86. The fourth-order valence-corrected chi connectivity index (χ4v) is 2.26. The van der Waals surface area contributed by atoms with Crippen molar-refractivity contribution in [1.82, 2.24) is 0 Å². The van der Waals surface area contributed by atoms with E-state index in [1.807, 2.05) is 0 Å². The number of hydrogen-bond donors (Lipinski definition) is 2. The second-order valence-corrected chi connectivity index (χ2v) is 4.55. The molecular weight excluding hydrogens is 252 g/mol. The van der Waals surface area contributed by atoms with Gasteiger partial charge in [-0.3, -0.25) is 10.1 Å². The Kier molecular flexibility index (Phi) is 3.66. The quantitative estimate of drug-likeness (QED) is 0.625. The van der Waals surface area contributed by atoms with Gasteiger partial charge in [-0.2, -0.15) is 0 Å². The monoisotopic (exact) mass is 266 g/mol. The first kappa shape index (κ1) is 13.3. The molecule has 0 radical (unpaired) electrons. The molecule has 1 fully saturated rings. The van der Waals surface area contributed by atoms with E-state index in [2.05, 4.69) is 0 Å². The number of nitro groups is 1. The van der Waals surface area contributed by atoms with Crippen LogP contribution in [0.2, 0.25) is 0 Å². The molecule has 1 aromatic carbocycles. The average molecular weight is 266 g/mol. The van der Waals surface area contributed by atoms with Crippen LogP contribution < -0.4 is 4.90 Å². The summed E-state index contributed by atoms with van der Waals surface area (Å²) in [5.41, 5.74) is 0.220. The van der Waals surface area contributed by atoms with Crippen LogP contribution in [-0.2, 0) is 0 Å². The van der Waals surface area contributed by atoms with E-state index in [9.17, 15) is 14.9 Å². The van der Waals surface area contributed by atoms with E-state index in [-0.39, 0.29) is 23.8 Å². The molecule has 7 heteroatoms. The number of benzene rings is 1. The minimum Gasteiger partial charge on any atom is -0.478 e. The fourth-order valence-electron chi connectivity index (χ4n) is 2.26. The second-order valence-electron chi connectivity index (χ2n) is 4.55. The third-order valence-electron chi connectivity index (χ3n) is 3.30. The number of rotatable bonds is 4. The van der Waals surface area contributed by atoms with Crippen LogP contribution in [0.3, 0.4) is 0 Å². The number of carboxylic acid groups (broad SMARTS) is 1. The summed E-state index contributed by atoms with van der Waals surface area (Å²) in [4.78, 5) is 23.2. The van der Waals surface area contributed by atoms with Crippen molar-refractivity contribution < 1.29 is 19.9 Å². The summed E-state index contributed by atoms with van der Waals surface area (Å²) < 4.78 is 0. The highest BCUT2D eigenvalue weighted by Gasteiger charge is 2.28. The minimum absolute atomic E-state index is 0.0213. The van der Waals surface area contributed by atoms with Crippen LogP contribution in [0.4, 0.5) is 11.4 Å². The highest BCUT2D eigenvalue weighted by atomic mass is 16.6. The van der Waals surface area contributed by atoms with Crippen molar-refractivity contribution in [1.29, 1.82) is 0 Å². The summed E-state index contributed by atoms with van der Waals surface area (Å²) in [5, 5.41) is 29.0. The van der Waals surface area contributed by atoms with Crippen molar-refractivity contribution in [3.63, 3.8) is 0 Å². The first-order chi connectivity index (χ1) is 9.02. The van der Waals surface area contributed by atoms with Gasteiger partial charge in [0.25, 0.3) is 5.69 Å². The molecule has 2 rings (SSSR count). The lowest BCUT2D eigenvalue weighted by Gasteiger charge is -2.18. The van der Waals surface area contributed by atoms with E-state index in [0.29, 0.717) is 18.8 Å². The summed E-state index contributed by atoms with van der Waals surface area (Å²) in [6.45, 7) is 1.11. The molecule has 1 aliphatic heterocycles. The number of carboxylic acids is 1. The van der Waals surface area contributed by atoms with Crippen molar-refractivity contribution in [3.8, 4) is 0 Å². The third-order valence-corrected chi connectivity index (χ3v) is 3.30. The number of aromatic carboxylic acids is 1. The van der Waals surface area contributed by atoms with Crippen LogP contribution in [0.5, 0.6) is 0 Å². The summed E-state index contributed by atoms with van der Waals surface area (Å²) in [7, 11) is 0. The Hall–Kier alpha value is -2.15. The normalized spacial score (nSPS) is 18.6. The fraction of sp³-hybridized carbons (Fsp3) is 0.417. The van der Waals surface area contributed by atoms with E-state index in [0.717, 1.165) is 6.42 Å². The lowest BCUT2D eigenvalue weighted by Crippen LogP contribution is -2.22. The topological polar surface area (TPSA) is 104 Å². The Morgan fingerprint density at radius 1 is 1.53 bits per heavy atom. The van der Waals surface area contributed by atoms with Crippen LogP contribution >= 0.6 is 0 Å². The molecule has 1 aromatic rings. The molecule has 19 heavy (non-hydrogen) atoms. The van der Waals surface area contributed by atoms with Crippen molar-refractivity contribution in [2.24, 2.45) is 5.92 Å². The van der Waals surface area contributed by atoms with Crippen LogP contribution in [0.15, 0.2) is 18.2 Å². The molecule has 0 aliphatic carbocycles. The highest BCUT2D eigenvalue weighted by molar-refractivity contribution is 5.90. The number of nitrogens with zero attached hydrogens (tertiary/aromatic N) is 2. The summed E-state index contributed by atoms with van der Waals surface area (Å²) >= 11 is 0. The molecule has 1 saturated heterocycles. The van der Waals surface area contributed by atoms with Crippen molar-refractivity contribution >= 4 is 17.3 Å². The van der Waals surface area contributed by atoms with Crippen molar-refractivity contribution in [2.45, 2.75) is 6.42 Å². The standard InChI is InChI=1S/C12H14N2O5/c15-7-8-3-4-13(6-8)11-5-9(12(16)17)1-2-10(11)14(18)19/h1-2,5,8,15H,3-4,6-7H2,(H,16,17). The zero-order valence-electron chi connectivity index (χ0n) is 10.2. The third kappa shape index (κ3) is 2.65. The molecule has 7 nitrogen and oxygen atoms in total. The Balaban J connectivity index is 2.38. The Morgan fingerprint density at radius 2 is 2.26 bits per heavy atom. The maximum absolute atomic E-state index is 11.0. The predicted molar refractivity (Wildman–Crippen MR) is 67.5 cm³/mol. The molecule has 1 unspecified atom stereocenters. The van der Waals surface area contributed by atoms with E-state index in [1.54, 1.807) is 4.90 Å². The Labute approximate surface area is 109 Å². The molecule has 1 heterocycles. The van der Waals surface area contributed by atoms with Gasteiger partial charge in [0.15, 0.2) is 0 Å². The maximum atomic E-state index is 11.0. The molecule has 0 saturated carbocycles. The number of anilines is 1. The smallest absolute Gasteiger partial charge is 0.335 e. The molecule has 1 aliphatic rings. The summed E-state index contributed by atoms with van der Waals surface area (Å²) in [5.74, 6) is -1.04. The number of carbonyl (C=O) groups is 1. The lowest BCUT2D eigenvalue weighted by atomic mass is 10.1. The van der Waals surface area contributed by atoms with Gasteiger partial charge >= 0.3 is 5.97 Å². The Bertz CT molecular complexity index is 517. The Morgan fingerprint density at radius 3 is 2.79 bits per heavy atom.